The Kier molecular flexibility index (Phi) is 33.4. The van der Waals surface area contributed by atoms with Crippen molar-refractivity contribution in [2.24, 2.45) is 0 Å². The average Bonchev–Trinajstić information content (AvgIpc) is 0.764. The maximum atomic E-state index is 12.4. The molecule has 0 saturated heterocycles. The fraction of sp³-hybridized carbons (Fsp3) is 0.148. The number of para-hydroxylation sites is 5. The smallest absolute Gasteiger partial charge is 0.311 e. The van der Waals surface area contributed by atoms with E-state index in [0.29, 0.717) is 128 Å². The van der Waals surface area contributed by atoms with Crippen LogP contribution in [0.1, 0.15) is 90.5 Å². The number of carbonyl (C=O) groups is 8. The Morgan fingerprint density at radius 2 is 0.600 bits per heavy atom. The van der Waals surface area contributed by atoms with Gasteiger partial charge in [-0.2, -0.15) is 29.9 Å². The van der Waals surface area contributed by atoms with E-state index in [1.165, 1.54) is 65.3 Å². The zero-order chi connectivity index (χ0) is 104. The fourth-order valence-electron chi connectivity index (χ4n) is 13.9. The van der Waals surface area contributed by atoms with E-state index >= 15 is 0 Å². The number of nitrogens with zero attached hydrogens (tertiary/aromatic N) is 6. The molecule has 145 heavy (non-hydrogen) atoms. The molecule has 0 fully saturated rings. The summed E-state index contributed by atoms with van der Waals surface area (Å²) in [7, 11) is 2.94. The summed E-state index contributed by atoms with van der Waals surface area (Å²) >= 11 is 5.96. The van der Waals surface area contributed by atoms with Crippen LogP contribution in [-0.2, 0) is 38.4 Å². The number of carbonyl (C=O) groups excluding carboxylic acids is 8. The molecule has 0 spiro atoms. The molecule has 0 atom stereocenters. The van der Waals surface area contributed by atoms with Crippen molar-refractivity contribution in [2.75, 3.05) is 14.2 Å². The third kappa shape index (κ3) is 26.2. The molecule has 0 aliphatic rings. The summed E-state index contributed by atoms with van der Waals surface area (Å²) in [6.45, 7) is 18.1. The van der Waals surface area contributed by atoms with Crippen LogP contribution in [0.25, 0.3) is 135 Å². The Bertz CT molecular complexity index is 8500. The third-order valence-electron chi connectivity index (χ3n) is 20.5. The van der Waals surface area contributed by atoms with Crippen molar-refractivity contribution in [3.8, 4) is 126 Å². The van der Waals surface area contributed by atoms with Crippen molar-refractivity contribution in [1.29, 1.82) is 0 Å². The number of methoxy groups -OCH3 is 2. The number of esters is 8. The van der Waals surface area contributed by atoms with E-state index in [4.69, 9.17) is 85.5 Å². The minimum atomic E-state index is -0.741. The number of hydrogen-bond acceptors (Lipinski definition) is 36. The zero-order valence-corrected chi connectivity index (χ0v) is 80.5. The molecule has 0 radical (unpaired) electrons. The topological polar surface area (TPSA) is 487 Å². The number of fused-ring (bicyclic) bond motifs is 6. The Morgan fingerprint density at radius 1 is 0.262 bits per heavy atom. The second-order valence-electron chi connectivity index (χ2n) is 31.2. The highest BCUT2D eigenvalue weighted by atomic mass is 35.5. The Hall–Kier alpha value is -18.9. The van der Waals surface area contributed by atoms with E-state index in [0.717, 1.165) is 43.0 Å². The van der Waals surface area contributed by atoms with Crippen LogP contribution in [0, 0.1) is 27.7 Å². The van der Waals surface area contributed by atoms with E-state index in [2.05, 4.69) is 29.9 Å². The molecule has 0 bridgehead atoms. The number of aromatic nitrogens is 6. The molecule has 6 heterocycles. The van der Waals surface area contributed by atoms with Gasteiger partial charge in [-0.15, -0.1) is 0 Å². The van der Waals surface area contributed by atoms with Gasteiger partial charge in [-0.1, -0.05) is 86.1 Å². The molecule has 18 aromatic rings. The molecule has 0 N–H and O–H groups in total. The standard InChI is InChI=1S/C20H14ClNO8.2C18H15NO5.C18H15NO4.2C17H13NO4/c1-9(23)27-16-6-12(7-17(28-10(2)24)18(16)29-11(3)25)20-22-19(26)14-5-4-13(21)8-15(14)30-20;1-3-16(20)23-11-8-9-13(15(10-11)22-2)18-19-17(21)12-6-4-5-7-14(12)24-18;1-3-16(20)23-14-9-8-11(10-15(14)22-2)18-19-17(21)12-6-4-5-7-13(12)24-18;1-10-9-16(22-12(3)20)11(2)8-14(10)18-19-17(21)13-6-4-5-7-15(13)23-18;1-10-9-12(21-11(2)19)7-8-13(10)17-18-16(20)14-5-3-4-6-15(14)22-17;1-10-9-12(7-8-14(10)21-11(2)19)17-18-16(20)13-5-3-4-6-15(13)22-17/h4-8H,1-3H3;2*4-10H,3H2,1-2H3;4-9H,1-3H3;2*3-9H,1-2H3. The molecule has 12 aromatic carbocycles. The molecule has 36 nitrogen and oxygen atoms in total. The van der Waals surface area contributed by atoms with Crippen molar-refractivity contribution in [3.63, 3.8) is 0 Å². The van der Waals surface area contributed by atoms with E-state index < -0.39 is 23.5 Å². The van der Waals surface area contributed by atoms with Crippen LogP contribution < -0.4 is 80.7 Å². The lowest BCUT2D eigenvalue weighted by Crippen LogP contribution is -2.11. The van der Waals surface area contributed by atoms with E-state index in [1.54, 1.807) is 227 Å². The van der Waals surface area contributed by atoms with Gasteiger partial charge in [0.15, 0.2) is 23.0 Å². The van der Waals surface area contributed by atoms with Gasteiger partial charge in [-0.25, -0.2) is 0 Å². The van der Waals surface area contributed by atoms with Crippen molar-refractivity contribution < 1.29 is 112 Å². The summed E-state index contributed by atoms with van der Waals surface area (Å²) in [4.78, 5) is 187. The number of halogens is 1. The Labute approximate surface area is 825 Å². The van der Waals surface area contributed by atoms with Crippen molar-refractivity contribution >= 4 is 125 Å². The van der Waals surface area contributed by atoms with Gasteiger partial charge < -0.3 is 73.9 Å². The molecule has 37 heteroatoms. The van der Waals surface area contributed by atoms with Gasteiger partial charge >= 0.3 is 47.8 Å². The first kappa shape index (κ1) is 104. The van der Waals surface area contributed by atoms with E-state index in [1.807, 2.05) is 20.8 Å². The van der Waals surface area contributed by atoms with Crippen LogP contribution in [-0.4, -0.2) is 91.9 Å². The first-order chi connectivity index (χ1) is 69.4. The minimum absolute atomic E-state index is 0.123. The number of rotatable bonds is 18. The van der Waals surface area contributed by atoms with E-state index in [-0.39, 0.29) is 140 Å². The van der Waals surface area contributed by atoms with Crippen LogP contribution in [0.15, 0.2) is 292 Å². The normalized spacial score (nSPS) is 10.6. The largest absolute Gasteiger partial charge is 0.496 e. The van der Waals surface area contributed by atoms with Gasteiger partial charge in [0.05, 0.1) is 52.1 Å². The van der Waals surface area contributed by atoms with Crippen LogP contribution in [0.3, 0.4) is 0 Å². The molecular formula is C108H85ClN6O30. The molecule has 0 amide bonds. The predicted molar refractivity (Wildman–Crippen MR) is 531 cm³/mol. The second-order valence-corrected chi connectivity index (χ2v) is 31.6. The maximum Gasteiger partial charge on any atom is 0.311 e. The lowest BCUT2D eigenvalue weighted by Gasteiger charge is -2.14. The molecule has 6 aromatic heterocycles. The molecule has 0 aliphatic heterocycles. The van der Waals surface area contributed by atoms with Gasteiger partial charge in [-0.05, 0) is 214 Å². The summed E-state index contributed by atoms with van der Waals surface area (Å²) in [5, 5.41) is 2.71. The zero-order valence-electron chi connectivity index (χ0n) is 79.7. The summed E-state index contributed by atoms with van der Waals surface area (Å²) in [6.07, 6.45) is 0.525. The van der Waals surface area contributed by atoms with Gasteiger partial charge in [0, 0.05) is 99.4 Å². The Balaban J connectivity index is 0.000000146. The predicted octanol–water partition coefficient (Wildman–Crippen LogP) is 19.2. The SMILES string of the molecule is CC(=O)Oc1cc(-c2nc(=O)c3ccc(Cl)cc3o2)cc(OC(C)=O)c1OC(C)=O.CC(=O)Oc1cc(C)c(-c2nc(=O)c3ccccc3o2)cc1C.CC(=O)Oc1ccc(-c2nc(=O)c3ccccc3o2)c(C)c1.CC(=O)Oc1ccc(-c2nc(=O)c3ccccc3o2)cc1C.CCC(=O)Oc1ccc(-c2nc(=O)c3ccccc3o2)c(OC)c1.CCC(=O)Oc1ccc(-c2nc(=O)c3ccccc3o2)cc1OC. The number of ether oxygens (including phenoxy) is 10. The monoisotopic (exact) mass is 1980 g/mol. The molecule has 0 saturated carbocycles. The van der Waals surface area contributed by atoms with Crippen molar-refractivity contribution in [3.05, 3.63) is 326 Å². The highest BCUT2D eigenvalue weighted by molar-refractivity contribution is 6.31. The molecular weight excluding hydrogens is 1900 g/mol. The second kappa shape index (κ2) is 46.7. The van der Waals surface area contributed by atoms with Gasteiger partial charge in [0.2, 0.25) is 41.1 Å². The summed E-state index contributed by atoms with van der Waals surface area (Å²) < 4.78 is 85.7. The first-order valence-electron chi connectivity index (χ1n) is 43.9. The minimum Gasteiger partial charge on any atom is -0.496 e. The van der Waals surface area contributed by atoms with Crippen LogP contribution in [0.5, 0.6) is 57.5 Å². The summed E-state index contributed by atoms with van der Waals surface area (Å²) in [5.41, 5.74) is 6.50. The quantitative estimate of drug-likeness (QED) is 0.0568. The molecule has 0 unspecified atom stereocenters. The average molecular weight is 1980 g/mol. The van der Waals surface area contributed by atoms with Gasteiger partial charge in [0.25, 0.3) is 33.4 Å². The highest BCUT2D eigenvalue weighted by Crippen LogP contribution is 2.44. The van der Waals surface area contributed by atoms with Gasteiger partial charge in [0.1, 0.15) is 62.2 Å². The van der Waals surface area contributed by atoms with Crippen LogP contribution in [0.2, 0.25) is 5.02 Å². The number of hydrogen-bond donors (Lipinski definition) is 0. The summed E-state index contributed by atoms with van der Waals surface area (Å²) in [5.74, 6) is -1.12. The lowest BCUT2D eigenvalue weighted by molar-refractivity contribution is -0.135. The van der Waals surface area contributed by atoms with E-state index in [9.17, 15) is 67.1 Å². The number of aryl methyl sites for hydroxylation is 4. The Morgan fingerprint density at radius 3 is 1.03 bits per heavy atom. The van der Waals surface area contributed by atoms with Gasteiger partial charge in [-0.3, -0.25) is 67.1 Å². The molecule has 0 aliphatic carbocycles. The van der Waals surface area contributed by atoms with Crippen molar-refractivity contribution in [1.82, 2.24) is 29.9 Å². The number of benzene rings is 12. The fourth-order valence-corrected chi connectivity index (χ4v) is 14.0. The first-order valence-corrected chi connectivity index (χ1v) is 44.3. The van der Waals surface area contributed by atoms with Crippen molar-refractivity contribution in [2.45, 2.75) is 95.9 Å². The molecule has 734 valence electrons. The van der Waals surface area contributed by atoms with Crippen LogP contribution in [0.4, 0.5) is 0 Å². The highest BCUT2D eigenvalue weighted by Gasteiger charge is 2.26. The summed E-state index contributed by atoms with van der Waals surface area (Å²) in [6, 6.07) is 65.0. The maximum absolute atomic E-state index is 12.4. The third-order valence-corrected chi connectivity index (χ3v) is 20.7. The lowest BCUT2D eigenvalue weighted by atomic mass is 10.0. The molecule has 18 rings (SSSR count). The van der Waals surface area contributed by atoms with Crippen LogP contribution >= 0.6 is 11.6 Å².